The fourth-order valence-corrected chi connectivity index (χ4v) is 4.33. The molecule has 1 aromatic heterocycles. The second kappa shape index (κ2) is 10.1. The molecule has 6 rings (SSSR count). The molecule has 38 heavy (non-hydrogen) atoms. The van der Waals surface area contributed by atoms with Crippen molar-refractivity contribution >= 4 is 12.1 Å². The molecule has 7 heteroatoms. The molecular weight excluding hydrogens is 476 g/mol. The van der Waals surface area contributed by atoms with Crippen molar-refractivity contribution in [1.82, 2.24) is 15.2 Å². The third kappa shape index (κ3) is 4.77. The van der Waals surface area contributed by atoms with E-state index in [2.05, 4.69) is 39.9 Å². The van der Waals surface area contributed by atoms with E-state index in [1.807, 2.05) is 79.7 Å². The Balaban J connectivity index is 1.29. The Kier molecular flexibility index (Phi) is 6.16. The molecule has 1 aliphatic heterocycles. The van der Waals surface area contributed by atoms with Crippen LogP contribution in [0.1, 0.15) is 21.6 Å². The van der Waals surface area contributed by atoms with Gasteiger partial charge in [0.25, 0.3) is 5.91 Å². The topological polar surface area (TPSA) is 77.7 Å². The lowest BCUT2D eigenvalue weighted by molar-refractivity contribution is 0.0949. The Hall–Kier alpha value is -5.17. The number of hydrogen-bond donors (Lipinski definition) is 1. The molecule has 1 amide bonds. The van der Waals surface area contributed by atoms with Crippen LogP contribution in [0.5, 0.6) is 11.5 Å². The number of hydrazone groups is 1. The Bertz CT molecular complexity index is 1640. The van der Waals surface area contributed by atoms with Crippen LogP contribution in [0.2, 0.25) is 0 Å². The van der Waals surface area contributed by atoms with Gasteiger partial charge in [-0.05, 0) is 65.6 Å². The van der Waals surface area contributed by atoms with E-state index >= 15 is 0 Å². The summed E-state index contributed by atoms with van der Waals surface area (Å²) in [6, 6.07) is 33.7. The number of carbonyl (C=O) groups is 1. The first-order valence-corrected chi connectivity index (χ1v) is 12.2. The fraction of sp³-hybridized carbons (Fsp3) is 0.0645. The lowest BCUT2D eigenvalue weighted by Crippen LogP contribution is -2.18. The second-order valence-electron chi connectivity index (χ2n) is 8.92. The standard InChI is InChI=1S/C31H24N4O3/c1-21-6-5-9-26(16-21)35-28(25-13-11-24(12-14-25)23-7-3-2-4-8-23)18-27(34-35)31(36)33-32-19-22-10-15-29-30(17-22)38-20-37-29/h2-19H,20H2,1H3,(H,33,36)/b32-19-. The molecule has 0 spiro atoms. The molecule has 0 saturated carbocycles. The molecule has 4 aromatic carbocycles. The number of nitrogens with one attached hydrogen (secondary N) is 1. The summed E-state index contributed by atoms with van der Waals surface area (Å²) in [6.07, 6.45) is 1.56. The van der Waals surface area contributed by atoms with Crippen LogP contribution in [0, 0.1) is 6.92 Å². The van der Waals surface area contributed by atoms with Gasteiger partial charge in [-0.25, -0.2) is 10.1 Å². The van der Waals surface area contributed by atoms with Gasteiger partial charge < -0.3 is 9.47 Å². The number of aromatic nitrogens is 2. The highest BCUT2D eigenvalue weighted by Crippen LogP contribution is 2.32. The number of ether oxygens (including phenoxy) is 2. The van der Waals surface area contributed by atoms with Crippen molar-refractivity contribution in [2.24, 2.45) is 5.10 Å². The van der Waals surface area contributed by atoms with E-state index in [0.29, 0.717) is 11.5 Å². The molecule has 0 fully saturated rings. The van der Waals surface area contributed by atoms with E-state index in [-0.39, 0.29) is 12.5 Å². The van der Waals surface area contributed by atoms with Crippen LogP contribution in [-0.2, 0) is 0 Å². The Morgan fingerprint density at radius 1 is 0.842 bits per heavy atom. The van der Waals surface area contributed by atoms with E-state index in [1.54, 1.807) is 17.0 Å². The van der Waals surface area contributed by atoms with Gasteiger partial charge in [-0.1, -0.05) is 66.7 Å². The number of fused-ring (bicyclic) bond motifs is 1. The van der Waals surface area contributed by atoms with Crippen molar-refractivity contribution in [2.75, 3.05) is 6.79 Å². The number of benzene rings is 4. The summed E-state index contributed by atoms with van der Waals surface area (Å²) in [5.74, 6) is 0.938. The van der Waals surface area contributed by atoms with Gasteiger partial charge in [0, 0.05) is 5.56 Å². The van der Waals surface area contributed by atoms with E-state index in [4.69, 9.17) is 9.47 Å². The largest absolute Gasteiger partial charge is 0.454 e. The summed E-state index contributed by atoms with van der Waals surface area (Å²) < 4.78 is 12.5. The molecular formula is C31H24N4O3. The summed E-state index contributed by atoms with van der Waals surface area (Å²) in [6.45, 7) is 2.23. The van der Waals surface area contributed by atoms with Crippen molar-refractivity contribution < 1.29 is 14.3 Å². The molecule has 0 atom stereocenters. The minimum Gasteiger partial charge on any atom is -0.454 e. The predicted molar refractivity (Wildman–Crippen MR) is 147 cm³/mol. The van der Waals surface area contributed by atoms with Gasteiger partial charge in [0.05, 0.1) is 17.6 Å². The molecule has 1 N–H and O–H groups in total. The molecule has 0 radical (unpaired) electrons. The van der Waals surface area contributed by atoms with E-state index in [9.17, 15) is 4.79 Å². The molecule has 5 aromatic rings. The highest BCUT2D eigenvalue weighted by atomic mass is 16.7. The minimum atomic E-state index is -0.407. The highest BCUT2D eigenvalue weighted by Gasteiger charge is 2.17. The number of rotatable bonds is 6. The molecule has 1 aliphatic rings. The number of hydrogen-bond acceptors (Lipinski definition) is 5. The van der Waals surface area contributed by atoms with Crippen molar-refractivity contribution in [3.63, 3.8) is 0 Å². The highest BCUT2D eigenvalue weighted by molar-refractivity contribution is 5.94. The second-order valence-corrected chi connectivity index (χ2v) is 8.92. The monoisotopic (exact) mass is 500 g/mol. The Morgan fingerprint density at radius 3 is 2.42 bits per heavy atom. The van der Waals surface area contributed by atoms with Crippen molar-refractivity contribution in [1.29, 1.82) is 0 Å². The van der Waals surface area contributed by atoms with Gasteiger partial charge in [-0.15, -0.1) is 0 Å². The molecule has 0 unspecified atom stereocenters. The molecule has 0 bridgehead atoms. The summed E-state index contributed by atoms with van der Waals surface area (Å²) in [5, 5.41) is 8.76. The third-order valence-corrected chi connectivity index (χ3v) is 6.25. The molecule has 186 valence electrons. The van der Waals surface area contributed by atoms with Crippen molar-refractivity contribution in [3.8, 4) is 39.6 Å². The van der Waals surface area contributed by atoms with Crippen molar-refractivity contribution in [3.05, 3.63) is 120 Å². The zero-order valence-corrected chi connectivity index (χ0v) is 20.7. The average molecular weight is 501 g/mol. The molecule has 2 heterocycles. The maximum atomic E-state index is 13.0. The molecule has 0 saturated heterocycles. The number of amides is 1. The lowest BCUT2D eigenvalue weighted by atomic mass is 10.0. The van der Waals surface area contributed by atoms with E-state index in [0.717, 1.165) is 39.2 Å². The van der Waals surface area contributed by atoms with Crippen LogP contribution < -0.4 is 14.9 Å². The normalized spacial score (nSPS) is 12.1. The van der Waals surface area contributed by atoms with E-state index < -0.39 is 5.91 Å². The first-order valence-electron chi connectivity index (χ1n) is 12.2. The predicted octanol–water partition coefficient (Wildman–Crippen LogP) is 6.01. The summed E-state index contributed by atoms with van der Waals surface area (Å²) in [7, 11) is 0. The van der Waals surface area contributed by atoms with Crippen LogP contribution in [0.4, 0.5) is 0 Å². The maximum Gasteiger partial charge on any atom is 0.291 e. The summed E-state index contributed by atoms with van der Waals surface area (Å²) >= 11 is 0. The van der Waals surface area contributed by atoms with Crippen LogP contribution in [0.25, 0.3) is 28.1 Å². The van der Waals surface area contributed by atoms with Gasteiger partial charge in [-0.2, -0.15) is 10.2 Å². The van der Waals surface area contributed by atoms with Crippen LogP contribution in [0.3, 0.4) is 0 Å². The zero-order valence-electron chi connectivity index (χ0n) is 20.7. The van der Waals surface area contributed by atoms with Gasteiger partial charge >= 0.3 is 0 Å². The number of carbonyl (C=O) groups excluding carboxylic acids is 1. The van der Waals surface area contributed by atoms with Gasteiger partial charge in [0.1, 0.15) is 0 Å². The van der Waals surface area contributed by atoms with Crippen LogP contribution in [-0.4, -0.2) is 28.7 Å². The third-order valence-electron chi connectivity index (χ3n) is 6.25. The fourth-order valence-electron chi connectivity index (χ4n) is 4.33. The smallest absolute Gasteiger partial charge is 0.291 e. The van der Waals surface area contributed by atoms with Gasteiger partial charge in [-0.3, -0.25) is 4.79 Å². The first kappa shape index (κ1) is 23.2. The zero-order chi connectivity index (χ0) is 25.9. The minimum absolute atomic E-state index is 0.202. The van der Waals surface area contributed by atoms with Gasteiger partial charge in [0.2, 0.25) is 6.79 Å². The average Bonchev–Trinajstić information content (AvgIpc) is 3.61. The Labute approximate surface area is 220 Å². The maximum absolute atomic E-state index is 13.0. The number of aryl methyl sites for hydroxylation is 1. The van der Waals surface area contributed by atoms with Crippen LogP contribution >= 0.6 is 0 Å². The van der Waals surface area contributed by atoms with Gasteiger partial charge in [0.15, 0.2) is 17.2 Å². The Morgan fingerprint density at radius 2 is 1.61 bits per heavy atom. The first-order chi connectivity index (χ1) is 18.6. The SMILES string of the molecule is Cc1cccc(-n2nc(C(=O)N/N=C\c3ccc4c(c3)OCO4)cc2-c2ccc(-c3ccccc3)cc2)c1. The number of nitrogens with zero attached hydrogens (tertiary/aromatic N) is 3. The molecule has 7 nitrogen and oxygen atoms in total. The van der Waals surface area contributed by atoms with Crippen LogP contribution in [0.15, 0.2) is 108 Å². The molecule has 0 aliphatic carbocycles. The quantitative estimate of drug-likeness (QED) is 0.229. The van der Waals surface area contributed by atoms with E-state index in [1.165, 1.54) is 0 Å². The summed E-state index contributed by atoms with van der Waals surface area (Å²) in [4.78, 5) is 13.0. The van der Waals surface area contributed by atoms with Crippen molar-refractivity contribution in [2.45, 2.75) is 6.92 Å². The lowest BCUT2D eigenvalue weighted by Gasteiger charge is -2.09. The summed E-state index contributed by atoms with van der Waals surface area (Å²) in [5.41, 5.74) is 9.60.